The van der Waals surface area contributed by atoms with Gasteiger partial charge < -0.3 is 18.9 Å². The van der Waals surface area contributed by atoms with Gasteiger partial charge in [0, 0.05) is 6.54 Å². The first-order chi connectivity index (χ1) is 13.5. The van der Waals surface area contributed by atoms with E-state index in [0.717, 1.165) is 53.5 Å². The fourth-order valence-electron chi connectivity index (χ4n) is 4.77. The van der Waals surface area contributed by atoms with E-state index < -0.39 is 0 Å². The highest BCUT2D eigenvalue weighted by atomic mass is 16.5. The van der Waals surface area contributed by atoms with Crippen molar-refractivity contribution in [2.24, 2.45) is 0 Å². The van der Waals surface area contributed by atoms with Crippen LogP contribution in [-0.4, -0.2) is 46.9 Å². The molecule has 1 unspecified atom stereocenters. The quantitative estimate of drug-likeness (QED) is 0.808. The Balaban J connectivity index is 1.92. The first kappa shape index (κ1) is 18.7. The number of rotatable bonds is 4. The standard InChI is InChI=1S/C23H27NO4/c1-14-17-11-21(27-5)20(26-4)10-16(17)13-23(14)18-12-22(28-6)19(25-3)9-15(18)7-8-24(23)2/h9-12H,1,7-8,13H2,2-6H3. The summed E-state index contributed by atoms with van der Waals surface area (Å²) in [6.45, 7) is 5.49. The number of likely N-dealkylation sites (N-methyl/N-ethyl adjacent to an activating group) is 1. The Morgan fingerprint density at radius 2 is 1.36 bits per heavy atom. The van der Waals surface area contributed by atoms with Crippen LogP contribution in [0.4, 0.5) is 0 Å². The molecule has 1 atom stereocenters. The molecule has 28 heavy (non-hydrogen) atoms. The molecular weight excluding hydrogens is 354 g/mol. The van der Waals surface area contributed by atoms with E-state index >= 15 is 0 Å². The van der Waals surface area contributed by atoms with Gasteiger partial charge in [0.1, 0.15) is 0 Å². The molecule has 5 nitrogen and oxygen atoms in total. The summed E-state index contributed by atoms with van der Waals surface area (Å²) in [7, 11) is 8.86. The highest BCUT2D eigenvalue weighted by molar-refractivity contribution is 5.83. The normalized spacial score (nSPS) is 20.7. The zero-order valence-corrected chi connectivity index (χ0v) is 17.2. The number of fused-ring (bicyclic) bond motifs is 3. The molecule has 0 saturated carbocycles. The summed E-state index contributed by atoms with van der Waals surface area (Å²) in [6.07, 6.45) is 1.80. The maximum absolute atomic E-state index is 5.61. The molecule has 0 amide bonds. The van der Waals surface area contributed by atoms with Gasteiger partial charge in [0.05, 0.1) is 34.0 Å². The van der Waals surface area contributed by atoms with Crippen LogP contribution in [0.5, 0.6) is 23.0 Å². The van der Waals surface area contributed by atoms with E-state index in [0.29, 0.717) is 0 Å². The molecule has 1 heterocycles. The predicted octanol–water partition coefficient (Wildman–Crippen LogP) is 3.67. The molecule has 0 fully saturated rings. The molecule has 0 bridgehead atoms. The minimum atomic E-state index is -0.313. The lowest BCUT2D eigenvalue weighted by molar-refractivity contribution is 0.168. The monoisotopic (exact) mass is 381 g/mol. The second-order valence-electron chi connectivity index (χ2n) is 7.42. The van der Waals surface area contributed by atoms with Crippen LogP contribution in [0.2, 0.25) is 0 Å². The lowest BCUT2D eigenvalue weighted by Crippen LogP contribution is -2.48. The lowest BCUT2D eigenvalue weighted by atomic mass is 9.76. The van der Waals surface area contributed by atoms with E-state index in [1.165, 1.54) is 16.7 Å². The Hall–Kier alpha value is -2.66. The van der Waals surface area contributed by atoms with Crippen molar-refractivity contribution in [3.63, 3.8) is 0 Å². The number of benzene rings is 2. The molecule has 5 heteroatoms. The first-order valence-electron chi connectivity index (χ1n) is 9.41. The Morgan fingerprint density at radius 3 is 1.96 bits per heavy atom. The second-order valence-corrected chi connectivity index (χ2v) is 7.42. The average molecular weight is 381 g/mol. The minimum Gasteiger partial charge on any atom is -0.493 e. The molecule has 148 valence electrons. The van der Waals surface area contributed by atoms with Crippen LogP contribution in [0.1, 0.15) is 22.3 Å². The smallest absolute Gasteiger partial charge is 0.161 e. The molecule has 0 radical (unpaired) electrons. The number of methoxy groups -OCH3 is 4. The van der Waals surface area contributed by atoms with Crippen molar-refractivity contribution in [3.05, 3.63) is 53.1 Å². The number of ether oxygens (including phenoxy) is 4. The van der Waals surface area contributed by atoms with Gasteiger partial charge >= 0.3 is 0 Å². The third-order valence-electron chi connectivity index (χ3n) is 6.30. The molecule has 0 N–H and O–H groups in total. The van der Waals surface area contributed by atoms with Crippen molar-refractivity contribution in [2.45, 2.75) is 18.4 Å². The van der Waals surface area contributed by atoms with Crippen LogP contribution < -0.4 is 18.9 Å². The number of hydrogen-bond donors (Lipinski definition) is 0. The van der Waals surface area contributed by atoms with Crippen molar-refractivity contribution >= 4 is 5.57 Å². The summed E-state index contributed by atoms with van der Waals surface area (Å²) in [5, 5.41) is 0. The summed E-state index contributed by atoms with van der Waals surface area (Å²) in [6, 6.07) is 8.36. The molecule has 2 aliphatic rings. The van der Waals surface area contributed by atoms with Crippen LogP contribution in [0.25, 0.3) is 5.57 Å². The van der Waals surface area contributed by atoms with E-state index in [4.69, 9.17) is 18.9 Å². The molecule has 2 aromatic carbocycles. The Kier molecular flexibility index (Phi) is 4.50. The van der Waals surface area contributed by atoms with Gasteiger partial charge in [-0.1, -0.05) is 6.58 Å². The van der Waals surface area contributed by atoms with Crippen LogP contribution >= 0.6 is 0 Å². The molecule has 1 aliphatic heterocycles. The van der Waals surface area contributed by atoms with Crippen LogP contribution in [0.15, 0.2) is 30.8 Å². The molecule has 2 aromatic rings. The van der Waals surface area contributed by atoms with Gasteiger partial charge in [-0.05, 0) is 72.0 Å². The summed E-state index contributed by atoms with van der Waals surface area (Å²) < 4.78 is 22.2. The fourth-order valence-corrected chi connectivity index (χ4v) is 4.77. The maximum Gasteiger partial charge on any atom is 0.161 e. The largest absolute Gasteiger partial charge is 0.493 e. The number of nitrogens with zero attached hydrogens (tertiary/aromatic N) is 1. The molecule has 1 spiro atoms. The molecule has 0 aromatic heterocycles. The van der Waals surface area contributed by atoms with Gasteiger partial charge in [-0.3, -0.25) is 4.90 Å². The summed E-state index contributed by atoms with van der Waals surface area (Å²) in [5.41, 5.74) is 5.64. The maximum atomic E-state index is 5.61. The van der Waals surface area contributed by atoms with Gasteiger partial charge in [-0.15, -0.1) is 0 Å². The van der Waals surface area contributed by atoms with E-state index in [9.17, 15) is 0 Å². The van der Waals surface area contributed by atoms with Crippen LogP contribution in [0, 0.1) is 0 Å². The molecule has 4 rings (SSSR count). The van der Waals surface area contributed by atoms with Gasteiger partial charge in [0.2, 0.25) is 0 Å². The van der Waals surface area contributed by atoms with Gasteiger partial charge in [-0.2, -0.15) is 0 Å². The summed E-state index contributed by atoms with van der Waals surface area (Å²) in [5.74, 6) is 2.99. The molecule has 1 aliphatic carbocycles. The van der Waals surface area contributed by atoms with Gasteiger partial charge in [0.25, 0.3) is 0 Å². The van der Waals surface area contributed by atoms with Crippen molar-refractivity contribution in [2.75, 3.05) is 42.0 Å². The topological polar surface area (TPSA) is 40.2 Å². The van der Waals surface area contributed by atoms with Crippen molar-refractivity contribution in [1.29, 1.82) is 0 Å². The van der Waals surface area contributed by atoms with E-state index in [1.807, 2.05) is 6.07 Å². The minimum absolute atomic E-state index is 0.313. The zero-order chi connectivity index (χ0) is 20.1. The second kappa shape index (κ2) is 6.74. The van der Waals surface area contributed by atoms with Gasteiger partial charge in [-0.25, -0.2) is 0 Å². The van der Waals surface area contributed by atoms with E-state index in [2.05, 4.69) is 36.7 Å². The van der Waals surface area contributed by atoms with Gasteiger partial charge in [0.15, 0.2) is 23.0 Å². The highest BCUT2D eigenvalue weighted by Crippen LogP contribution is 2.55. The third kappa shape index (κ3) is 2.42. The number of hydrogen-bond acceptors (Lipinski definition) is 5. The van der Waals surface area contributed by atoms with Crippen molar-refractivity contribution < 1.29 is 18.9 Å². The molecule has 0 saturated heterocycles. The summed E-state index contributed by atoms with van der Waals surface area (Å²) >= 11 is 0. The Labute approximate surface area is 166 Å². The van der Waals surface area contributed by atoms with Crippen LogP contribution in [0.3, 0.4) is 0 Å². The summed E-state index contributed by atoms with van der Waals surface area (Å²) in [4.78, 5) is 2.41. The fraction of sp³-hybridized carbons (Fsp3) is 0.391. The predicted molar refractivity (Wildman–Crippen MR) is 110 cm³/mol. The lowest BCUT2D eigenvalue weighted by Gasteiger charge is -2.45. The highest BCUT2D eigenvalue weighted by Gasteiger charge is 2.49. The van der Waals surface area contributed by atoms with E-state index in [-0.39, 0.29) is 5.54 Å². The SMILES string of the molecule is C=C1c2cc(OC)c(OC)cc2CC12c1cc(OC)c(OC)cc1CCN2C. The average Bonchev–Trinajstić information content (AvgIpc) is 3.01. The van der Waals surface area contributed by atoms with Crippen molar-refractivity contribution in [1.82, 2.24) is 4.90 Å². The first-order valence-corrected chi connectivity index (χ1v) is 9.41. The zero-order valence-electron chi connectivity index (χ0n) is 17.2. The Bertz CT molecular complexity index is 952. The third-order valence-corrected chi connectivity index (χ3v) is 6.30. The van der Waals surface area contributed by atoms with Crippen molar-refractivity contribution in [3.8, 4) is 23.0 Å². The Morgan fingerprint density at radius 1 is 0.821 bits per heavy atom. The van der Waals surface area contributed by atoms with E-state index in [1.54, 1.807) is 28.4 Å². The molecular formula is C23H27NO4. The van der Waals surface area contributed by atoms with Crippen LogP contribution in [-0.2, 0) is 18.4 Å².